The average Bonchev–Trinajstić information content (AvgIpc) is 2.85. The molecule has 1 fully saturated rings. The quantitative estimate of drug-likeness (QED) is 0.486. The summed E-state index contributed by atoms with van der Waals surface area (Å²) in [6.45, 7) is 7.18. The van der Waals surface area contributed by atoms with Gasteiger partial charge in [0.2, 0.25) is 0 Å². The van der Waals surface area contributed by atoms with Crippen molar-refractivity contribution in [2.45, 2.75) is 19.9 Å². The van der Waals surface area contributed by atoms with Gasteiger partial charge >= 0.3 is 12.0 Å². The minimum absolute atomic E-state index is 0.0554. The number of esters is 1. The Morgan fingerprint density at radius 3 is 2.29 bits per heavy atom. The molecule has 2 aromatic carbocycles. The first-order chi connectivity index (χ1) is 16.5. The number of benzene rings is 2. The molecular weight excluding hydrogens is 432 g/mol. The van der Waals surface area contributed by atoms with Crippen LogP contribution in [0.25, 0.3) is 0 Å². The Kier molecular flexibility index (Phi) is 7.27. The summed E-state index contributed by atoms with van der Waals surface area (Å²) in [4.78, 5) is 41.4. The van der Waals surface area contributed by atoms with Gasteiger partial charge in [-0.3, -0.25) is 9.69 Å². The van der Waals surface area contributed by atoms with Crippen molar-refractivity contribution in [3.63, 3.8) is 0 Å². The van der Waals surface area contributed by atoms with Gasteiger partial charge in [-0.15, -0.1) is 0 Å². The predicted molar refractivity (Wildman–Crippen MR) is 130 cm³/mol. The van der Waals surface area contributed by atoms with E-state index >= 15 is 0 Å². The molecule has 2 aliphatic rings. The van der Waals surface area contributed by atoms with Crippen LogP contribution in [0, 0.1) is 0 Å². The van der Waals surface area contributed by atoms with E-state index in [4.69, 9.17) is 4.74 Å². The third-order valence-corrected chi connectivity index (χ3v) is 6.17. The number of carbonyl (C=O) groups is 3. The Morgan fingerprint density at radius 2 is 1.68 bits per heavy atom. The van der Waals surface area contributed by atoms with E-state index in [1.807, 2.05) is 54.6 Å². The summed E-state index contributed by atoms with van der Waals surface area (Å²) >= 11 is 0. The first-order valence-electron chi connectivity index (χ1n) is 11.6. The maximum absolute atomic E-state index is 12.9. The maximum Gasteiger partial charge on any atom is 0.338 e. The highest BCUT2D eigenvalue weighted by Crippen LogP contribution is 2.28. The standard InChI is InChI=1S/C26H30N4O4/c1-3-34-25(32)23-22(27-26(33)28-24(23)20-7-5-4-6-8-20)17-29-13-15-30(16-14-29)21-11-9-19(10-12-21)18(2)31/h4-12,24H,3,13-17H2,1-2H3,(H2,27,28,33)/t24-/m1/s1. The third kappa shape index (κ3) is 5.28. The number of nitrogens with zero attached hydrogens (tertiary/aromatic N) is 2. The second-order valence-electron chi connectivity index (χ2n) is 8.42. The Bertz CT molecular complexity index is 1070. The molecule has 8 heteroatoms. The number of carbonyl (C=O) groups excluding carboxylic acids is 3. The molecule has 2 heterocycles. The molecule has 0 aromatic heterocycles. The SMILES string of the molecule is CCOC(=O)C1=C(CN2CCN(c3ccc(C(C)=O)cc3)CC2)NC(=O)N[C@@H]1c1ccccc1. The molecule has 2 aliphatic heterocycles. The molecule has 0 saturated carbocycles. The lowest BCUT2D eigenvalue weighted by molar-refractivity contribution is -0.139. The zero-order valence-corrected chi connectivity index (χ0v) is 19.5. The lowest BCUT2D eigenvalue weighted by Gasteiger charge is -2.38. The zero-order valence-electron chi connectivity index (χ0n) is 19.5. The van der Waals surface area contributed by atoms with Gasteiger partial charge in [0.1, 0.15) is 0 Å². The minimum Gasteiger partial charge on any atom is -0.463 e. The number of anilines is 1. The fourth-order valence-corrected chi connectivity index (χ4v) is 4.38. The monoisotopic (exact) mass is 462 g/mol. The van der Waals surface area contributed by atoms with Crippen molar-refractivity contribution in [1.29, 1.82) is 0 Å². The van der Waals surface area contributed by atoms with Crippen LogP contribution >= 0.6 is 0 Å². The van der Waals surface area contributed by atoms with Crippen LogP contribution in [0.3, 0.4) is 0 Å². The number of ketones is 1. The minimum atomic E-state index is -0.565. The van der Waals surface area contributed by atoms with Crippen molar-refractivity contribution in [3.8, 4) is 0 Å². The number of piperazine rings is 1. The van der Waals surface area contributed by atoms with Crippen molar-refractivity contribution in [1.82, 2.24) is 15.5 Å². The van der Waals surface area contributed by atoms with Crippen LogP contribution in [-0.4, -0.2) is 62.0 Å². The number of Topliss-reactive ketones (excluding diaryl/α,β-unsaturated/α-hetero) is 1. The van der Waals surface area contributed by atoms with E-state index < -0.39 is 12.0 Å². The molecule has 0 aliphatic carbocycles. The number of nitrogens with one attached hydrogen (secondary N) is 2. The number of urea groups is 1. The van der Waals surface area contributed by atoms with Crippen molar-refractivity contribution in [2.24, 2.45) is 0 Å². The van der Waals surface area contributed by atoms with Gasteiger partial charge in [-0.25, -0.2) is 9.59 Å². The van der Waals surface area contributed by atoms with E-state index in [9.17, 15) is 14.4 Å². The summed E-state index contributed by atoms with van der Waals surface area (Å²) in [6, 6.07) is 16.2. The van der Waals surface area contributed by atoms with E-state index in [2.05, 4.69) is 20.4 Å². The Labute approximate surface area is 199 Å². The van der Waals surface area contributed by atoms with Crippen LogP contribution in [-0.2, 0) is 9.53 Å². The first-order valence-corrected chi connectivity index (χ1v) is 11.6. The second-order valence-corrected chi connectivity index (χ2v) is 8.42. The number of amides is 2. The normalized spacial score (nSPS) is 18.8. The van der Waals surface area contributed by atoms with Gasteiger partial charge in [-0.05, 0) is 43.7 Å². The molecule has 0 unspecified atom stereocenters. The van der Waals surface area contributed by atoms with Crippen molar-refractivity contribution in [2.75, 3.05) is 44.2 Å². The Balaban J connectivity index is 1.50. The number of ether oxygens (including phenoxy) is 1. The molecule has 178 valence electrons. The predicted octanol–water partition coefficient (Wildman–Crippen LogP) is 2.88. The lowest BCUT2D eigenvalue weighted by atomic mass is 9.95. The molecule has 1 saturated heterocycles. The van der Waals surface area contributed by atoms with Gasteiger partial charge in [0, 0.05) is 49.7 Å². The van der Waals surface area contributed by atoms with Crippen LogP contribution in [0.2, 0.25) is 0 Å². The molecule has 34 heavy (non-hydrogen) atoms. The molecule has 0 bridgehead atoms. The van der Waals surface area contributed by atoms with Gasteiger partial charge in [-0.2, -0.15) is 0 Å². The molecule has 2 aromatic rings. The van der Waals surface area contributed by atoms with Crippen LogP contribution < -0.4 is 15.5 Å². The lowest BCUT2D eigenvalue weighted by Crippen LogP contribution is -2.51. The second kappa shape index (κ2) is 10.5. The number of rotatable bonds is 7. The van der Waals surface area contributed by atoms with Crippen LogP contribution in [0.4, 0.5) is 10.5 Å². The van der Waals surface area contributed by atoms with Gasteiger partial charge < -0.3 is 20.3 Å². The molecule has 4 rings (SSSR count). The van der Waals surface area contributed by atoms with Gasteiger partial charge in [0.15, 0.2) is 5.78 Å². The largest absolute Gasteiger partial charge is 0.463 e. The van der Waals surface area contributed by atoms with E-state index in [0.29, 0.717) is 23.4 Å². The van der Waals surface area contributed by atoms with Crippen LogP contribution in [0.5, 0.6) is 0 Å². The van der Waals surface area contributed by atoms with Crippen LogP contribution in [0.1, 0.15) is 35.8 Å². The van der Waals surface area contributed by atoms with Gasteiger partial charge in [-0.1, -0.05) is 30.3 Å². The Morgan fingerprint density at radius 1 is 1.00 bits per heavy atom. The highest BCUT2D eigenvalue weighted by molar-refractivity contribution is 5.95. The topological polar surface area (TPSA) is 91.0 Å². The molecule has 2 N–H and O–H groups in total. The molecule has 0 radical (unpaired) electrons. The smallest absolute Gasteiger partial charge is 0.338 e. The third-order valence-electron chi connectivity index (χ3n) is 6.17. The molecule has 1 atom stereocenters. The summed E-state index contributed by atoms with van der Waals surface area (Å²) in [6.07, 6.45) is 0. The molecule has 2 amide bonds. The summed E-state index contributed by atoms with van der Waals surface area (Å²) in [5.41, 5.74) is 3.63. The van der Waals surface area contributed by atoms with Gasteiger partial charge in [0.25, 0.3) is 0 Å². The van der Waals surface area contributed by atoms with E-state index in [-0.39, 0.29) is 18.4 Å². The molecule has 8 nitrogen and oxygen atoms in total. The van der Waals surface area contributed by atoms with Crippen LogP contribution in [0.15, 0.2) is 65.9 Å². The molecular formula is C26H30N4O4. The fourth-order valence-electron chi connectivity index (χ4n) is 4.38. The van der Waals surface area contributed by atoms with Crippen molar-refractivity contribution >= 4 is 23.5 Å². The highest BCUT2D eigenvalue weighted by Gasteiger charge is 2.34. The average molecular weight is 463 g/mol. The number of hydrogen-bond acceptors (Lipinski definition) is 6. The maximum atomic E-state index is 12.9. The summed E-state index contributed by atoms with van der Waals surface area (Å²) < 4.78 is 5.35. The van der Waals surface area contributed by atoms with E-state index in [0.717, 1.165) is 37.4 Å². The van der Waals surface area contributed by atoms with E-state index in [1.165, 1.54) is 0 Å². The first kappa shape index (κ1) is 23.5. The van der Waals surface area contributed by atoms with Crippen molar-refractivity contribution < 1.29 is 19.1 Å². The Hall–Kier alpha value is -3.65. The summed E-state index contributed by atoms with van der Waals surface area (Å²) in [5, 5.41) is 5.72. The fraction of sp³-hybridized carbons (Fsp3) is 0.346. The van der Waals surface area contributed by atoms with Gasteiger partial charge in [0.05, 0.1) is 18.2 Å². The van der Waals surface area contributed by atoms with E-state index in [1.54, 1.807) is 13.8 Å². The number of hydrogen-bond donors (Lipinski definition) is 2. The zero-order chi connectivity index (χ0) is 24.1. The summed E-state index contributed by atoms with van der Waals surface area (Å²) in [7, 11) is 0. The van der Waals surface area contributed by atoms with Crippen molar-refractivity contribution in [3.05, 3.63) is 77.0 Å². The summed E-state index contributed by atoms with van der Waals surface area (Å²) in [5.74, 6) is -0.372. The highest BCUT2D eigenvalue weighted by atomic mass is 16.5. The molecule has 0 spiro atoms.